The minimum absolute atomic E-state index is 0.463. The number of rotatable bonds is 3. The number of ether oxygens (including phenoxy) is 1. The zero-order chi connectivity index (χ0) is 10.7. The van der Waals surface area contributed by atoms with Crippen molar-refractivity contribution in [2.75, 3.05) is 26.7 Å². The molecule has 2 fully saturated rings. The minimum atomic E-state index is 0.463. The highest BCUT2D eigenvalue weighted by atomic mass is 16.5. The third kappa shape index (κ3) is 3.16. The standard InChI is InChI=1S/C12H24N2O/c1-15-12-5-6-14(9-12)8-10-3-2-4-11(13)7-10/h10-12H,2-9,13H2,1H3. The van der Waals surface area contributed by atoms with Crippen LogP contribution in [0.2, 0.25) is 0 Å². The van der Waals surface area contributed by atoms with Crippen LogP contribution in [-0.2, 0) is 4.74 Å². The van der Waals surface area contributed by atoms with E-state index in [0.29, 0.717) is 12.1 Å². The van der Waals surface area contributed by atoms with Gasteiger partial charge in [0, 0.05) is 32.8 Å². The number of nitrogens with zero attached hydrogens (tertiary/aromatic N) is 1. The van der Waals surface area contributed by atoms with Gasteiger partial charge in [-0.05, 0) is 31.6 Å². The molecule has 3 unspecified atom stereocenters. The Morgan fingerprint density at radius 2 is 2.20 bits per heavy atom. The fourth-order valence-corrected chi connectivity index (χ4v) is 3.02. The minimum Gasteiger partial charge on any atom is -0.380 e. The third-order valence-electron chi connectivity index (χ3n) is 3.90. The fourth-order valence-electron chi connectivity index (χ4n) is 3.02. The molecule has 0 amide bonds. The number of methoxy groups -OCH3 is 1. The molecule has 0 spiro atoms. The Bertz CT molecular complexity index is 198. The van der Waals surface area contributed by atoms with Crippen molar-refractivity contribution in [1.82, 2.24) is 4.90 Å². The van der Waals surface area contributed by atoms with Gasteiger partial charge in [0.1, 0.15) is 0 Å². The smallest absolute Gasteiger partial charge is 0.0710 e. The molecule has 88 valence electrons. The summed E-state index contributed by atoms with van der Waals surface area (Å²) in [6, 6.07) is 0.463. The van der Waals surface area contributed by atoms with Gasteiger partial charge in [0.2, 0.25) is 0 Å². The number of nitrogens with two attached hydrogens (primary N) is 1. The number of hydrogen-bond donors (Lipinski definition) is 1. The predicted octanol–water partition coefficient (Wildman–Crippen LogP) is 1.22. The molecule has 0 aromatic carbocycles. The molecular weight excluding hydrogens is 188 g/mol. The van der Waals surface area contributed by atoms with Crippen LogP contribution in [0, 0.1) is 5.92 Å². The highest BCUT2D eigenvalue weighted by molar-refractivity contribution is 4.81. The van der Waals surface area contributed by atoms with E-state index in [1.54, 1.807) is 0 Å². The Hall–Kier alpha value is -0.120. The van der Waals surface area contributed by atoms with Crippen molar-refractivity contribution in [3.8, 4) is 0 Å². The molecule has 1 heterocycles. The summed E-state index contributed by atoms with van der Waals surface area (Å²) in [5.41, 5.74) is 6.01. The summed E-state index contributed by atoms with van der Waals surface area (Å²) in [7, 11) is 1.82. The maximum Gasteiger partial charge on any atom is 0.0710 e. The normalized spacial score (nSPS) is 38.4. The summed E-state index contributed by atoms with van der Waals surface area (Å²) in [5.74, 6) is 0.837. The van der Waals surface area contributed by atoms with Gasteiger partial charge in [0.05, 0.1) is 6.10 Å². The van der Waals surface area contributed by atoms with Crippen LogP contribution in [-0.4, -0.2) is 43.8 Å². The summed E-state index contributed by atoms with van der Waals surface area (Å²) in [6.45, 7) is 3.58. The number of likely N-dealkylation sites (tertiary alicyclic amines) is 1. The molecule has 3 nitrogen and oxygen atoms in total. The molecule has 2 aliphatic rings. The van der Waals surface area contributed by atoms with Crippen LogP contribution in [0.3, 0.4) is 0 Å². The average Bonchev–Trinajstić information content (AvgIpc) is 2.65. The first-order chi connectivity index (χ1) is 7.28. The Morgan fingerprint density at radius 3 is 2.87 bits per heavy atom. The van der Waals surface area contributed by atoms with E-state index in [2.05, 4.69) is 4.90 Å². The summed E-state index contributed by atoms with van der Waals surface area (Å²) >= 11 is 0. The average molecular weight is 212 g/mol. The topological polar surface area (TPSA) is 38.5 Å². The largest absolute Gasteiger partial charge is 0.380 e. The van der Waals surface area contributed by atoms with Crippen molar-refractivity contribution in [2.45, 2.75) is 44.2 Å². The van der Waals surface area contributed by atoms with Crippen LogP contribution < -0.4 is 5.73 Å². The maximum absolute atomic E-state index is 6.01. The molecule has 0 aromatic rings. The van der Waals surface area contributed by atoms with Gasteiger partial charge in [-0.2, -0.15) is 0 Å². The second-order valence-electron chi connectivity index (χ2n) is 5.20. The van der Waals surface area contributed by atoms with E-state index in [1.165, 1.54) is 45.2 Å². The van der Waals surface area contributed by atoms with Gasteiger partial charge in [-0.3, -0.25) is 0 Å². The lowest BCUT2D eigenvalue weighted by molar-refractivity contribution is 0.104. The highest BCUT2D eigenvalue weighted by Crippen LogP contribution is 2.25. The van der Waals surface area contributed by atoms with Crippen molar-refractivity contribution in [3.63, 3.8) is 0 Å². The molecule has 2 N–H and O–H groups in total. The first-order valence-corrected chi connectivity index (χ1v) is 6.28. The van der Waals surface area contributed by atoms with Gasteiger partial charge in [-0.15, -0.1) is 0 Å². The zero-order valence-corrected chi connectivity index (χ0v) is 9.82. The molecule has 2 rings (SSSR count). The van der Waals surface area contributed by atoms with Crippen LogP contribution in [0.4, 0.5) is 0 Å². The van der Waals surface area contributed by atoms with E-state index in [0.717, 1.165) is 12.5 Å². The summed E-state index contributed by atoms with van der Waals surface area (Å²) in [5, 5.41) is 0. The van der Waals surface area contributed by atoms with Crippen LogP contribution in [0.25, 0.3) is 0 Å². The summed E-state index contributed by atoms with van der Waals surface area (Å²) < 4.78 is 5.39. The third-order valence-corrected chi connectivity index (χ3v) is 3.90. The second-order valence-corrected chi connectivity index (χ2v) is 5.20. The van der Waals surface area contributed by atoms with Crippen molar-refractivity contribution < 1.29 is 4.74 Å². The van der Waals surface area contributed by atoms with E-state index in [1.807, 2.05) is 7.11 Å². The lowest BCUT2D eigenvalue weighted by atomic mass is 9.86. The van der Waals surface area contributed by atoms with E-state index in [-0.39, 0.29) is 0 Å². The Balaban J connectivity index is 1.72. The highest BCUT2D eigenvalue weighted by Gasteiger charge is 2.26. The van der Waals surface area contributed by atoms with Crippen LogP contribution in [0.15, 0.2) is 0 Å². The molecule has 3 heteroatoms. The molecule has 1 aliphatic heterocycles. The van der Waals surface area contributed by atoms with Crippen LogP contribution >= 0.6 is 0 Å². The Labute approximate surface area is 93.0 Å². The predicted molar refractivity (Wildman–Crippen MR) is 61.8 cm³/mol. The molecule has 15 heavy (non-hydrogen) atoms. The van der Waals surface area contributed by atoms with E-state index >= 15 is 0 Å². The van der Waals surface area contributed by atoms with Gasteiger partial charge >= 0.3 is 0 Å². The van der Waals surface area contributed by atoms with Gasteiger partial charge in [-0.25, -0.2) is 0 Å². The molecule has 3 atom stereocenters. The Morgan fingerprint density at radius 1 is 1.33 bits per heavy atom. The molecular formula is C12H24N2O. The molecule has 1 aliphatic carbocycles. The monoisotopic (exact) mass is 212 g/mol. The maximum atomic E-state index is 6.01. The van der Waals surface area contributed by atoms with Gasteiger partial charge in [0.25, 0.3) is 0 Å². The zero-order valence-electron chi connectivity index (χ0n) is 9.82. The van der Waals surface area contributed by atoms with Gasteiger partial charge in [-0.1, -0.05) is 6.42 Å². The second kappa shape index (κ2) is 5.28. The summed E-state index contributed by atoms with van der Waals surface area (Å²) in [4.78, 5) is 2.55. The van der Waals surface area contributed by atoms with Crippen molar-refractivity contribution >= 4 is 0 Å². The lowest BCUT2D eigenvalue weighted by Crippen LogP contribution is -2.35. The van der Waals surface area contributed by atoms with Crippen molar-refractivity contribution in [1.29, 1.82) is 0 Å². The van der Waals surface area contributed by atoms with Gasteiger partial charge < -0.3 is 15.4 Å². The first kappa shape index (κ1) is 11.4. The SMILES string of the molecule is COC1CCN(CC2CCCC(N)C2)C1. The van der Waals surface area contributed by atoms with Gasteiger partial charge in [0.15, 0.2) is 0 Å². The lowest BCUT2D eigenvalue weighted by Gasteiger charge is -2.30. The first-order valence-electron chi connectivity index (χ1n) is 6.28. The molecule has 1 saturated heterocycles. The Kier molecular flexibility index (Phi) is 4.00. The van der Waals surface area contributed by atoms with E-state index < -0.39 is 0 Å². The van der Waals surface area contributed by atoms with Crippen molar-refractivity contribution in [2.24, 2.45) is 11.7 Å². The quantitative estimate of drug-likeness (QED) is 0.764. The molecule has 0 radical (unpaired) electrons. The van der Waals surface area contributed by atoms with Crippen LogP contribution in [0.5, 0.6) is 0 Å². The van der Waals surface area contributed by atoms with E-state index in [4.69, 9.17) is 10.5 Å². The van der Waals surface area contributed by atoms with Crippen molar-refractivity contribution in [3.05, 3.63) is 0 Å². The molecule has 0 aromatic heterocycles. The van der Waals surface area contributed by atoms with E-state index in [9.17, 15) is 0 Å². The van der Waals surface area contributed by atoms with Crippen LogP contribution in [0.1, 0.15) is 32.1 Å². The fraction of sp³-hybridized carbons (Fsp3) is 1.00. The molecule has 0 bridgehead atoms. The number of hydrogen-bond acceptors (Lipinski definition) is 3. The molecule has 1 saturated carbocycles. The summed E-state index contributed by atoms with van der Waals surface area (Å²) in [6.07, 6.45) is 6.85.